The summed E-state index contributed by atoms with van der Waals surface area (Å²) < 4.78 is 19.8. The normalized spacial score (nSPS) is 14.0. The van der Waals surface area contributed by atoms with Gasteiger partial charge in [-0.3, -0.25) is 9.78 Å². The molecule has 0 radical (unpaired) electrons. The first-order valence-corrected chi connectivity index (χ1v) is 15.4. The molecule has 0 aliphatic carbocycles. The Morgan fingerprint density at radius 3 is 2.57 bits per heavy atom. The van der Waals surface area contributed by atoms with E-state index in [1.165, 1.54) is 11.3 Å². The number of hydrogen-bond acceptors (Lipinski definition) is 9. The zero-order chi connectivity index (χ0) is 30.2. The number of hydrogen-bond donors (Lipinski definition) is 0. The van der Waals surface area contributed by atoms with Crippen molar-refractivity contribution in [1.82, 2.24) is 29.4 Å². The minimum absolute atomic E-state index is 0.0730. The van der Waals surface area contributed by atoms with Crippen molar-refractivity contribution in [2.24, 2.45) is 0 Å². The lowest BCUT2D eigenvalue weighted by Crippen LogP contribution is -2.48. The number of pyridine rings is 1. The second-order valence-electron chi connectivity index (χ2n) is 10.8. The first kappa shape index (κ1) is 28.1. The van der Waals surface area contributed by atoms with E-state index in [0.29, 0.717) is 35.0 Å². The van der Waals surface area contributed by atoms with Gasteiger partial charge in [0, 0.05) is 66.6 Å². The maximum atomic E-state index is 13.0. The molecule has 0 atom stereocenters. The van der Waals surface area contributed by atoms with Crippen LogP contribution >= 0.6 is 11.3 Å². The average molecular weight is 609 g/mol. The molecular weight excluding hydrogens is 576 g/mol. The number of imidazole rings is 1. The van der Waals surface area contributed by atoms with Gasteiger partial charge in [0.2, 0.25) is 4.96 Å². The molecule has 11 heteroatoms. The fraction of sp³-hybridized carbons (Fsp3) is 0.273. The van der Waals surface area contributed by atoms with E-state index in [4.69, 9.17) is 13.9 Å². The Kier molecular flexibility index (Phi) is 7.49. The van der Waals surface area contributed by atoms with Crippen molar-refractivity contribution in [1.29, 1.82) is 0 Å². The van der Waals surface area contributed by atoms with Crippen molar-refractivity contribution in [3.8, 4) is 34.2 Å². The number of carbonyl (C=O) groups is 1. The lowest BCUT2D eigenvalue weighted by atomic mass is 10.1. The summed E-state index contributed by atoms with van der Waals surface area (Å²) in [4.78, 5) is 27.4. The molecule has 6 aromatic rings. The topological polar surface area (TPSA) is 98.2 Å². The first-order valence-electron chi connectivity index (χ1n) is 14.6. The fourth-order valence-electron chi connectivity index (χ4n) is 5.52. The minimum Gasteiger partial charge on any atom is -0.497 e. The monoisotopic (exact) mass is 608 g/mol. The number of aromatic nitrogens is 4. The van der Waals surface area contributed by atoms with Crippen LogP contribution in [0.1, 0.15) is 27.9 Å². The molecule has 1 saturated heterocycles. The lowest BCUT2D eigenvalue weighted by Gasteiger charge is -2.34. The molecule has 0 unspecified atom stereocenters. The third kappa shape index (κ3) is 5.51. The number of methoxy groups -OCH3 is 1. The van der Waals surface area contributed by atoms with Gasteiger partial charge in [0.05, 0.1) is 19.0 Å². The molecule has 224 valence electrons. The van der Waals surface area contributed by atoms with Gasteiger partial charge in [0.15, 0.2) is 5.76 Å². The predicted octanol–water partition coefficient (Wildman–Crippen LogP) is 5.94. The highest BCUT2D eigenvalue weighted by Crippen LogP contribution is 2.34. The van der Waals surface area contributed by atoms with Crippen molar-refractivity contribution in [2.45, 2.75) is 20.5 Å². The van der Waals surface area contributed by atoms with E-state index in [1.54, 1.807) is 17.8 Å². The van der Waals surface area contributed by atoms with E-state index in [0.717, 1.165) is 70.6 Å². The number of nitrogens with zero attached hydrogens (tertiary/aromatic N) is 6. The number of ether oxygens (including phenoxy) is 2. The number of furan rings is 1. The summed E-state index contributed by atoms with van der Waals surface area (Å²) >= 11 is 1.53. The molecule has 0 bridgehead atoms. The van der Waals surface area contributed by atoms with Gasteiger partial charge in [-0.25, -0.2) is 9.50 Å². The predicted molar refractivity (Wildman–Crippen MR) is 169 cm³/mol. The molecule has 5 heterocycles. The Morgan fingerprint density at radius 1 is 1.00 bits per heavy atom. The SMILES string of the molecule is CCN1CCN(C(=O)c2ccc(-c3cc(OCc4cc(OC)cc5oc(-c6cn7nc(C)sc7n6)cc45)ccn3)cc2)CC1. The molecule has 7 rings (SSSR count). The molecule has 4 aromatic heterocycles. The van der Waals surface area contributed by atoms with Crippen molar-refractivity contribution in [2.75, 3.05) is 39.8 Å². The number of benzene rings is 2. The number of aryl methyl sites for hydroxylation is 1. The molecule has 0 saturated carbocycles. The molecule has 1 aliphatic rings. The number of carbonyl (C=O) groups excluding carboxylic acids is 1. The summed E-state index contributed by atoms with van der Waals surface area (Å²) in [5.41, 5.74) is 4.70. The van der Waals surface area contributed by atoms with Crippen LogP contribution in [0.25, 0.3) is 38.6 Å². The van der Waals surface area contributed by atoms with Crippen LogP contribution in [0.2, 0.25) is 0 Å². The fourth-order valence-corrected chi connectivity index (χ4v) is 6.24. The highest BCUT2D eigenvalue weighted by atomic mass is 32.1. The zero-order valence-electron chi connectivity index (χ0n) is 24.8. The summed E-state index contributed by atoms with van der Waals surface area (Å²) in [6, 6.07) is 17.2. The summed E-state index contributed by atoms with van der Waals surface area (Å²) in [6.45, 7) is 8.78. The summed E-state index contributed by atoms with van der Waals surface area (Å²) in [5.74, 6) is 2.09. The number of rotatable bonds is 8. The molecule has 1 amide bonds. The second kappa shape index (κ2) is 11.7. The third-order valence-corrected chi connectivity index (χ3v) is 8.83. The summed E-state index contributed by atoms with van der Waals surface area (Å²) in [5, 5.41) is 6.33. The van der Waals surface area contributed by atoms with Crippen molar-refractivity contribution < 1.29 is 18.7 Å². The quantitative estimate of drug-likeness (QED) is 0.209. The van der Waals surface area contributed by atoms with Crippen LogP contribution in [0.5, 0.6) is 11.5 Å². The van der Waals surface area contributed by atoms with Gasteiger partial charge in [-0.2, -0.15) is 5.10 Å². The molecule has 0 spiro atoms. The van der Waals surface area contributed by atoms with E-state index in [1.807, 2.05) is 72.6 Å². The number of likely N-dealkylation sites (N-methyl/N-ethyl adjacent to an activating group) is 1. The van der Waals surface area contributed by atoms with Crippen molar-refractivity contribution in [3.05, 3.63) is 83.1 Å². The van der Waals surface area contributed by atoms with Gasteiger partial charge in [-0.05, 0) is 43.8 Å². The Bertz CT molecular complexity index is 1920. The lowest BCUT2D eigenvalue weighted by molar-refractivity contribution is 0.0643. The first-order chi connectivity index (χ1) is 21.5. The van der Waals surface area contributed by atoms with Gasteiger partial charge in [0.25, 0.3) is 5.91 Å². The van der Waals surface area contributed by atoms with Crippen LogP contribution in [-0.2, 0) is 6.61 Å². The standard InChI is InChI=1S/C33H32N6O4S/c1-4-37-11-13-38(14-12-37)32(40)23-7-5-22(6-8-23)28-16-25(9-10-34-28)42-20-24-15-26(41-3)17-30-27(24)18-31(43-30)29-19-39-33(35-29)44-21(2)36-39/h5-10,15-19H,4,11-14,20H2,1-3H3. The highest BCUT2D eigenvalue weighted by Gasteiger charge is 2.21. The Labute approximate surface area is 258 Å². The van der Waals surface area contributed by atoms with E-state index in [9.17, 15) is 4.79 Å². The van der Waals surface area contributed by atoms with Gasteiger partial charge in [0.1, 0.15) is 34.4 Å². The zero-order valence-corrected chi connectivity index (χ0v) is 25.6. The Hall–Kier alpha value is -4.74. The number of amides is 1. The van der Waals surface area contributed by atoms with Crippen LogP contribution in [0, 0.1) is 6.92 Å². The van der Waals surface area contributed by atoms with Crippen LogP contribution in [-0.4, -0.2) is 75.1 Å². The van der Waals surface area contributed by atoms with Gasteiger partial charge in [-0.15, -0.1) is 0 Å². The molecule has 10 nitrogen and oxygen atoms in total. The largest absolute Gasteiger partial charge is 0.497 e. The van der Waals surface area contributed by atoms with Crippen LogP contribution < -0.4 is 9.47 Å². The van der Waals surface area contributed by atoms with Crippen molar-refractivity contribution in [3.63, 3.8) is 0 Å². The molecule has 1 aliphatic heterocycles. The maximum Gasteiger partial charge on any atom is 0.253 e. The van der Waals surface area contributed by atoms with Crippen LogP contribution in [0.3, 0.4) is 0 Å². The van der Waals surface area contributed by atoms with Gasteiger partial charge >= 0.3 is 0 Å². The molecule has 44 heavy (non-hydrogen) atoms. The third-order valence-electron chi connectivity index (χ3n) is 7.99. The number of fused-ring (bicyclic) bond motifs is 2. The van der Waals surface area contributed by atoms with E-state index < -0.39 is 0 Å². The molecule has 1 fully saturated rings. The Morgan fingerprint density at radius 2 is 1.82 bits per heavy atom. The van der Waals surface area contributed by atoms with E-state index in [-0.39, 0.29) is 5.91 Å². The summed E-state index contributed by atoms with van der Waals surface area (Å²) in [7, 11) is 1.63. The number of piperazine rings is 1. The van der Waals surface area contributed by atoms with E-state index in [2.05, 4.69) is 26.9 Å². The minimum atomic E-state index is 0.0730. The maximum absolute atomic E-state index is 13.0. The molecular formula is C33H32N6O4S. The smallest absolute Gasteiger partial charge is 0.253 e. The van der Waals surface area contributed by atoms with Gasteiger partial charge in [-0.1, -0.05) is 30.4 Å². The van der Waals surface area contributed by atoms with Crippen LogP contribution in [0.4, 0.5) is 0 Å². The van der Waals surface area contributed by atoms with E-state index >= 15 is 0 Å². The van der Waals surface area contributed by atoms with Gasteiger partial charge < -0.3 is 23.7 Å². The summed E-state index contributed by atoms with van der Waals surface area (Å²) in [6.07, 6.45) is 3.60. The molecule has 2 aromatic carbocycles. The average Bonchev–Trinajstić information content (AvgIpc) is 3.76. The van der Waals surface area contributed by atoms with Crippen LogP contribution in [0.15, 0.2) is 71.4 Å². The second-order valence-corrected chi connectivity index (χ2v) is 11.9. The highest BCUT2D eigenvalue weighted by molar-refractivity contribution is 7.16. The van der Waals surface area contributed by atoms with Crippen molar-refractivity contribution >= 4 is 33.2 Å². The molecule has 0 N–H and O–H groups in total. The Balaban J connectivity index is 1.08.